The molecule has 0 saturated heterocycles. The van der Waals surface area contributed by atoms with Crippen molar-refractivity contribution in [3.63, 3.8) is 0 Å². The van der Waals surface area contributed by atoms with Gasteiger partial charge in [-0.2, -0.15) is 0 Å². The molecule has 1 atom stereocenters. The number of nitrogens with two attached hydrogens (primary N) is 1. The molecular weight excluding hydrogens is 540 g/mol. The van der Waals surface area contributed by atoms with Crippen molar-refractivity contribution in [2.75, 3.05) is 13.2 Å². The first kappa shape index (κ1) is 31.0. The van der Waals surface area contributed by atoms with Crippen LogP contribution in [-0.4, -0.2) is 41.9 Å². The first-order valence-corrected chi connectivity index (χ1v) is 14.5. The molecule has 0 fully saturated rings. The van der Waals surface area contributed by atoms with Crippen molar-refractivity contribution in [2.24, 2.45) is 5.73 Å². The number of nitrogens with zero attached hydrogens (tertiary/aromatic N) is 1. The van der Waals surface area contributed by atoms with Gasteiger partial charge in [0.1, 0.15) is 11.8 Å². The number of imide groups is 1. The lowest BCUT2D eigenvalue weighted by Crippen LogP contribution is -2.54. The number of nitrogens with one attached hydrogen (secondary N) is 2. The van der Waals surface area contributed by atoms with Crippen molar-refractivity contribution in [2.45, 2.75) is 38.9 Å². The zero-order chi connectivity index (χ0) is 30.4. The van der Waals surface area contributed by atoms with Crippen molar-refractivity contribution in [1.82, 2.24) is 15.5 Å². The Hall–Kier alpha value is -4.95. The lowest BCUT2D eigenvalue weighted by molar-refractivity contribution is -0.130. The van der Waals surface area contributed by atoms with Crippen LogP contribution >= 0.6 is 0 Å². The minimum Gasteiger partial charge on any atom is -0.494 e. The van der Waals surface area contributed by atoms with E-state index in [1.165, 1.54) is 4.90 Å². The first-order chi connectivity index (χ1) is 21.0. The second-order valence-electron chi connectivity index (χ2n) is 10.1. The smallest absolute Gasteiger partial charge is 0.324 e. The van der Waals surface area contributed by atoms with Crippen molar-refractivity contribution in [3.8, 4) is 5.75 Å². The van der Waals surface area contributed by atoms with Crippen LogP contribution < -0.4 is 21.1 Å². The number of ether oxygens (including phenoxy) is 1. The average molecular weight is 579 g/mol. The maximum Gasteiger partial charge on any atom is 0.324 e. The Morgan fingerprint density at radius 1 is 0.767 bits per heavy atom. The van der Waals surface area contributed by atoms with Crippen LogP contribution in [0.15, 0.2) is 109 Å². The molecule has 222 valence electrons. The maximum absolute atomic E-state index is 14.2. The van der Waals surface area contributed by atoms with E-state index in [2.05, 4.69) is 10.6 Å². The van der Waals surface area contributed by atoms with Crippen LogP contribution in [0.2, 0.25) is 0 Å². The van der Waals surface area contributed by atoms with Gasteiger partial charge in [-0.25, -0.2) is 4.79 Å². The van der Waals surface area contributed by atoms with E-state index in [0.29, 0.717) is 30.9 Å². The predicted octanol–water partition coefficient (Wildman–Crippen LogP) is 4.87. The zero-order valence-electron chi connectivity index (χ0n) is 24.4. The lowest BCUT2D eigenvalue weighted by atomic mass is 10.0. The SMILES string of the molecule is CCOc1ccc(C[C@@H](NC(=O)c2ccccc2)C(=O)N(CCc2ccccc2)C(=O)NCc2ccc(CN)cc2)cc1. The molecule has 0 aromatic heterocycles. The molecule has 0 radical (unpaired) electrons. The number of urea groups is 1. The summed E-state index contributed by atoms with van der Waals surface area (Å²) in [5.41, 5.74) is 9.80. The summed E-state index contributed by atoms with van der Waals surface area (Å²) < 4.78 is 5.55. The Bertz CT molecular complexity index is 1460. The average Bonchev–Trinajstić information content (AvgIpc) is 3.05. The third-order valence-electron chi connectivity index (χ3n) is 6.99. The first-order valence-electron chi connectivity index (χ1n) is 14.5. The number of carbonyl (C=O) groups excluding carboxylic acids is 3. The summed E-state index contributed by atoms with van der Waals surface area (Å²) in [4.78, 5) is 42.1. The number of hydrogen-bond acceptors (Lipinski definition) is 5. The van der Waals surface area contributed by atoms with Crippen molar-refractivity contribution in [3.05, 3.63) is 137 Å². The summed E-state index contributed by atoms with van der Waals surface area (Å²) in [6, 6.07) is 31.8. The van der Waals surface area contributed by atoms with Gasteiger partial charge in [-0.1, -0.05) is 84.9 Å². The Labute approximate surface area is 252 Å². The van der Waals surface area contributed by atoms with E-state index in [0.717, 1.165) is 22.3 Å². The summed E-state index contributed by atoms with van der Waals surface area (Å²) in [6.45, 7) is 3.25. The van der Waals surface area contributed by atoms with Gasteiger partial charge in [0.2, 0.25) is 0 Å². The number of hydrogen-bond donors (Lipinski definition) is 3. The highest BCUT2D eigenvalue weighted by atomic mass is 16.5. The molecule has 0 aliphatic rings. The van der Waals surface area contributed by atoms with Crippen molar-refractivity contribution < 1.29 is 19.1 Å². The number of rotatable bonds is 13. The fourth-order valence-electron chi connectivity index (χ4n) is 4.61. The van der Waals surface area contributed by atoms with Crippen molar-refractivity contribution in [1.29, 1.82) is 0 Å². The monoisotopic (exact) mass is 578 g/mol. The van der Waals surface area contributed by atoms with Gasteiger partial charge in [0.15, 0.2) is 0 Å². The standard InChI is InChI=1S/C35H38N4O4/c1-2-43-31-19-17-27(18-20-31)23-32(38-33(40)30-11-7-4-8-12-30)34(41)39(22-21-26-9-5-3-6-10-26)35(42)37-25-29-15-13-28(24-36)14-16-29/h3-20,32H,2,21-25,36H2,1H3,(H,37,42)(H,38,40)/t32-/m1/s1. The Balaban J connectivity index is 1.58. The van der Waals surface area contributed by atoms with E-state index in [1.807, 2.05) is 91.9 Å². The topological polar surface area (TPSA) is 114 Å². The second kappa shape index (κ2) is 15.9. The molecule has 8 heteroatoms. The number of carbonyl (C=O) groups is 3. The summed E-state index contributed by atoms with van der Waals surface area (Å²) in [7, 11) is 0. The second-order valence-corrected chi connectivity index (χ2v) is 10.1. The largest absolute Gasteiger partial charge is 0.494 e. The molecule has 4 rings (SSSR count). The van der Waals surface area contributed by atoms with E-state index < -0.39 is 23.9 Å². The van der Waals surface area contributed by atoms with E-state index in [-0.39, 0.29) is 19.5 Å². The third-order valence-corrected chi connectivity index (χ3v) is 6.99. The van der Waals surface area contributed by atoms with Crippen LogP contribution in [0, 0.1) is 0 Å². The molecule has 0 bridgehead atoms. The quantitative estimate of drug-likeness (QED) is 0.210. The predicted molar refractivity (Wildman–Crippen MR) is 167 cm³/mol. The van der Waals surface area contributed by atoms with Crippen LogP contribution in [0.1, 0.15) is 39.5 Å². The van der Waals surface area contributed by atoms with Gasteiger partial charge in [-0.05, 0) is 59.9 Å². The molecule has 0 saturated carbocycles. The molecule has 4 aromatic carbocycles. The van der Waals surface area contributed by atoms with E-state index in [4.69, 9.17) is 10.5 Å². The maximum atomic E-state index is 14.2. The molecule has 8 nitrogen and oxygen atoms in total. The minimum atomic E-state index is -0.990. The van der Waals surface area contributed by atoms with Crippen LogP contribution in [0.25, 0.3) is 0 Å². The van der Waals surface area contributed by atoms with E-state index in [9.17, 15) is 14.4 Å². The van der Waals surface area contributed by atoms with Gasteiger partial charge < -0.3 is 21.1 Å². The van der Waals surface area contributed by atoms with E-state index in [1.54, 1.807) is 24.3 Å². The number of benzene rings is 4. The Morgan fingerprint density at radius 2 is 1.37 bits per heavy atom. The Kier molecular flexibility index (Phi) is 11.5. The summed E-state index contributed by atoms with van der Waals surface area (Å²) in [5.74, 6) is -0.177. The Morgan fingerprint density at radius 3 is 2.00 bits per heavy atom. The lowest BCUT2D eigenvalue weighted by Gasteiger charge is -2.27. The summed E-state index contributed by atoms with van der Waals surface area (Å²) >= 11 is 0. The van der Waals surface area contributed by atoms with Crippen molar-refractivity contribution >= 4 is 17.8 Å². The van der Waals surface area contributed by atoms with Crippen LogP contribution in [0.3, 0.4) is 0 Å². The van der Waals surface area contributed by atoms with Crippen LogP contribution in [0.5, 0.6) is 5.75 Å². The van der Waals surface area contributed by atoms with Gasteiger partial charge in [0.05, 0.1) is 6.61 Å². The highest BCUT2D eigenvalue weighted by Crippen LogP contribution is 2.16. The molecule has 0 unspecified atom stereocenters. The molecule has 0 heterocycles. The molecule has 4 aromatic rings. The molecule has 0 aliphatic carbocycles. The highest BCUT2D eigenvalue weighted by Gasteiger charge is 2.30. The minimum absolute atomic E-state index is 0.141. The molecule has 0 aliphatic heterocycles. The normalized spacial score (nSPS) is 11.3. The van der Waals surface area contributed by atoms with Gasteiger partial charge >= 0.3 is 6.03 Å². The van der Waals surface area contributed by atoms with E-state index >= 15 is 0 Å². The molecule has 43 heavy (non-hydrogen) atoms. The van der Waals surface area contributed by atoms with Gasteiger partial charge in [0, 0.05) is 31.6 Å². The van der Waals surface area contributed by atoms with Gasteiger partial charge in [0.25, 0.3) is 11.8 Å². The summed E-state index contributed by atoms with van der Waals surface area (Å²) in [6.07, 6.45) is 0.660. The fraction of sp³-hybridized carbons (Fsp3) is 0.229. The zero-order valence-corrected chi connectivity index (χ0v) is 24.4. The molecule has 4 N–H and O–H groups in total. The van der Waals surface area contributed by atoms with Gasteiger partial charge in [-0.3, -0.25) is 14.5 Å². The van der Waals surface area contributed by atoms with Gasteiger partial charge in [-0.15, -0.1) is 0 Å². The third kappa shape index (κ3) is 9.28. The fourth-order valence-corrected chi connectivity index (χ4v) is 4.61. The van der Waals surface area contributed by atoms with Crippen LogP contribution in [0.4, 0.5) is 4.79 Å². The molecule has 0 spiro atoms. The molecular formula is C35H38N4O4. The highest BCUT2D eigenvalue weighted by molar-refractivity contribution is 6.01. The molecule has 4 amide bonds. The summed E-state index contributed by atoms with van der Waals surface area (Å²) in [5, 5.41) is 5.77. The number of amides is 4. The van der Waals surface area contributed by atoms with Crippen LogP contribution in [-0.2, 0) is 30.7 Å².